The number of hydrogen-bond donors (Lipinski definition) is 1. The first-order valence-electron chi connectivity index (χ1n) is 9.36. The molecule has 2 aliphatic heterocycles. The highest BCUT2D eigenvalue weighted by Crippen LogP contribution is 2.40. The monoisotopic (exact) mass is 406 g/mol. The Morgan fingerprint density at radius 1 is 1.25 bits per heavy atom. The molecule has 8 heteroatoms. The highest BCUT2D eigenvalue weighted by molar-refractivity contribution is 7.16. The third-order valence-corrected chi connectivity index (χ3v) is 6.31. The maximum atomic E-state index is 13.9. The van der Waals surface area contributed by atoms with E-state index in [0.29, 0.717) is 24.0 Å². The summed E-state index contributed by atoms with van der Waals surface area (Å²) in [7, 11) is 3.84. The molecule has 2 aromatic rings. The Bertz CT molecular complexity index is 914. The van der Waals surface area contributed by atoms with Gasteiger partial charge in [0.1, 0.15) is 10.8 Å². The maximum absolute atomic E-state index is 13.9. The van der Waals surface area contributed by atoms with Crippen LogP contribution < -0.4 is 5.32 Å². The van der Waals surface area contributed by atoms with Crippen molar-refractivity contribution in [3.05, 3.63) is 40.3 Å². The summed E-state index contributed by atoms with van der Waals surface area (Å²) < 4.78 is 32.9. The van der Waals surface area contributed by atoms with Crippen molar-refractivity contribution in [2.75, 3.05) is 45.7 Å². The minimum Gasteiger partial charge on any atom is -0.385 e. The van der Waals surface area contributed by atoms with Gasteiger partial charge in [-0.3, -0.25) is 4.90 Å². The predicted molar refractivity (Wildman–Crippen MR) is 109 cm³/mol. The topological polar surface area (TPSA) is 40.1 Å². The number of aryl methyl sites for hydroxylation is 1. The van der Waals surface area contributed by atoms with E-state index >= 15 is 0 Å². The molecular weight excluding hydrogens is 382 g/mol. The van der Waals surface area contributed by atoms with Crippen LogP contribution in [0.2, 0.25) is 0 Å². The molecule has 0 radical (unpaired) electrons. The van der Waals surface area contributed by atoms with Crippen LogP contribution >= 0.6 is 11.3 Å². The number of aliphatic imine (C=N–C) groups is 1. The van der Waals surface area contributed by atoms with E-state index in [4.69, 9.17) is 9.73 Å². The van der Waals surface area contributed by atoms with E-state index in [1.807, 2.05) is 6.92 Å². The second kappa shape index (κ2) is 7.77. The zero-order valence-electron chi connectivity index (χ0n) is 16.3. The Labute approximate surface area is 167 Å². The number of anilines is 2. The smallest absolute Gasteiger partial charge is 0.161 e. The van der Waals surface area contributed by atoms with Crippen molar-refractivity contribution < 1.29 is 13.5 Å². The van der Waals surface area contributed by atoms with Gasteiger partial charge in [-0.15, -0.1) is 11.3 Å². The van der Waals surface area contributed by atoms with Crippen LogP contribution in [0.5, 0.6) is 0 Å². The van der Waals surface area contributed by atoms with Crippen LogP contribution in [0.15, 0.2) is 23.2 Å². The molecular formula is C20H24F2N4OS. The first-order valence-corrected chi connectivity index (χ1v) is 10.2. The number of piperazine rings is 1. The molecule has 0 unspecified atom stereocenters. The van der Waals surface area contributed by atoms with Gasteiger partial charge < -0.3 is 15.0 Å². The van der Waals surface area contributed by atoms with Crippen LogP contribution in [0.25, 0.3) is 0 Å². The first kappa shape index (κ1) is 19.3. The number of ether oxygens (including phenoxy) is 1. The van der Waals surface area contributed by atoms with E-state index < -0.39 is 11.6 Å². The zero-order chi connectivity index (χ0) is 19.8. The molecule has 1 aromatic heterocycles. The van der Waals surface area contributed by atoms with Crippen LogP contribution in [0.3, 0.4) is 0 Å². The quantitative estimate of drug-likeness (QED) is 0.832. The van der Waals surface area contributed by atoms with Crippen LogP contribution in [0.1, 0.15) is 16.9 Å². The second-order valence-corrected chi connectivity index (χ2v) is 8.56. The van der Waals surface area contributed by atoms with E-state index in [2.05, 4.69) is 28.2 Å². The zero-order valence-corrected chi connectivity index (χ0v) is 17.1. The fourth-order valence-corrected chi connectivity index (χ4v) is 4.66. The van der Waals surface area contributed by atoms with Crippen molar-refractivity contribution in [1.82, 2.24) is 9.80 Å². The van der Waals surface area contributed by atoms with Crippen molar-refractivity contribution in [1.29, 1.82) is 0 Å². The molecule has 2 aliphatic rings. The van der Waals surface area contributed by atoms with E-state index in [0.717, 1.165) is 47.3 Å². The molecule has 1 aromatic carbocycles. The Morgan fingerprint density at radius 2 is 2.04 bits per heavy atom. The Hall–Kier alpha value is -2.03. The minimum atomic E-state index is -0.888. The van der Waals surface area contributed by atoms with Gasteiger partial charge in [0, 0.05) is 56.4 Å². The standard InChI is InChI=1S/C20H24F2N4OS/c1-12-8-14-19(26-6-5-25(2)13(11-26)4-7-27-3)23-17-9-15(21)16(22)10-18(17)24-20(14)28-12/h8-10,13,24H,4-7,11H2,1-3H3/t13-/m0/s1. The minimum absolute atomic E-state index is 0.347. The summed E-state index contributed by atoms with van der Waals surface area (Å²) in [5.41, 5.74) is 1.89. The summed E-state index contributed by atoms with van der Waals surface area (Å²) >= 11 is 1.59. The molecule has 0 amide bonds. The number of halogens is 2. The first-order chi connectivity index (χ1) is 13.5. The lowest BCUT2D eigenvalue weighted by atomic mass is 10.1. The number of nitrogens with one attached hydrogen (secondary N) is 1. The molecule has 0 spiro atoms. The molecule has 5 nitrogen and oxygen atoms in total. The number of nitrogens with zero attached hydrogens (tertiary/aromatic N) is 3. The van der Waals surface area contributed by atoms with E-state index in [1.165, 1.54) is 12.1 Å². The number of likely N-dealkylation sites (N-methyl/N-ethyl adjacent to an activating group) is 1. The lowest BCUT2D eigenvalue weighted by Gasteiger charge is -2.40. The van der Waals surface area contributed by atoms with Gasteiger partial charge in [-0.2, -0.15) is 0 Å². The van der Waals surface area contributed by atoms with Crippen molar-refractivity contribution in [3.8, 4) is 0 Å². The summed E-state index contributed by atoms with van der Waals surface area (Å²) in [4.78, 5) is 10.5. The molecule has 0 aliphatic carbocycles. The molecule has 0 bridgehead atoms. The molecule has 3 heterocycles. The number of thiophene rings is 1. The number of hydrogen-bond acceptors (Lipinski definition) is 6. The van der Waals surface area contributed by atoms with Gasteiger partial charge in [-0.1, -0.05) is 0 Å². The molecule has 1 atom stereocenters. The van der Waals surface area contributed by atoms with Gasteiger partial charge in [-0.25, -0.2) is 13.8 Å². The molecule has 150 valence electrons. The molecule has 1 saturated heterocycles. The average molecular weight is 407 g/mol. The summed E-state index contributed by atoms with van der Waals surface area (Å²) in [5.74, 6) is -0.951. The average Bonchev–Trinajstić information content (AvgIpc) is 2.96. The summed E-state index contributed by atoms with van der Waals surface area (Å²) in [6.45, 7) is 5.28. The summed E-state index contributed by atoms with van der Waals surface area (Å²) in [6.07, 6.45) is 0.932. The van der Waals surface area contributed by atoms with Gasteiger partial charge in [0.2, 0.25) is 0 Å². The van der Waals surface area contributed by atoms with Crippen molar-refractivity contribution in [3.63, 3.8) is 0 Å². The fourth-order valence-electron chi connectivity index (χ4n) is 3.74. The third-order valence-electron chi connectivity index (χ3n) is 5.34. The van der Waals surface area contributed by atoms with Crippen molar-refractivity contribution in [2.24, 2.45) is 4.99 Å². The molecule has 4 rings (SSSR count). The SMILES string of the molecule is COCC[C@H]1CN(C2=Nc3cc(F)c(F)cc3Nc3sc(C)cc32)CCN1C. The van der Waals surface area contributed by atoms with Gasteiger partial charge >= 0.3 is 0 Å². The fraction of sp³-hybridized carbons (Fsp3) is 0.450. The maximum Gasteiger partial charge on any atom is 0.161 e. The molecule has 0 saturated carbocycles. The highest BCUT2D eigenvalue weighted by Gasteiger charge is 2.30. The molecule has 28 heavy (non-hydrogen) atoms. The van der Waals surface area contributed by atoms with E-state index in [9.17, 15) is 8.78 Å². The largest absolute Gasteiger partial charge is 0.385 e. The normalized spacial score (nSPS) is 19.5. The van der Waals surface area contributed by atoms with E-state index in [-0.39, 0.29) is 0 Å². The van der Waals surface area contributed by atoms with Crippen LogP contribution in [0, 0.1) is 18.6 Å². The summed E-state index contributed by atoms with van der Waals surface area (Å²) in [5, 5.41) is 4.17. The van der Waals surface area contributed by atoms with Gasteiger partial charge in [0.05, 0.1) is 16.9 Å². The number of amidine groups is 1. The van der Waals surface area contributed by atoms with Gasteiger partial charge in [0.25, 0.3) is 0 Å². The molecule has 1 fully saturated rings. The Balaban J connectivity index is 1.74. The lowest BCUT2D eigenvalue weighted by molar-refractivity contribution is 0.100. The highest BCUT2D eigenvalue weighted by atomic mass is 32.1. The number of fused-ring (bicyclic) bond motifs is 2. The number of benzene rings is 1. The third kappa shape index (κ3) is 3.64. The Kier molecular flexibility index (Phi) is 5.35. The van der Waals surface area contributed by atoms with Crippen molar-refractivity contribution >= 4 is 33.5 Å². The predicted octanol–water partition coefficient (Wildman–Crippen LogP) is 4.12. The van der Waals surface area contributed by atoms with Crippen LogP contribution in [0.4, 0.5) is 25.2 Å². The number of methoxy groups -OCH3 is 1. The van der Waals surface area contributed by atoms with E-state index in [1.54, 1.807) is 18.4 Å². The molecule has 1 N–H and O–H groups in total. The van der Waals surface area contributed by atoms with Gasteiger partial charge in [0.15, 0.2) is 11.6 Å². The van der Waals surface area contributed by atoms with Crippen LogP contribution in [-0.2, 0) is 4.74 Å². The Morgan fingerprint density at radius 3 is 2.82 bits per heavy atom. The van der Waals surface area contributed by atoms with Gasteiger partial charge in [-0.05, 0) is 26.5 Å². The number of rotatable bonds is 3. The second-order valence-electron chi connectivity index (χ2n) is 7.31. The van der Waals surface area contributed by atoms with Crippen molar-refractivity contribution in [2.45, 2.75) is 19.4 Å². The lowest BCUT2D eigenvalue weighted by Crippen LogP contribution is -2.53. The summed E-state index contributed by atoms with van der Waals surface area (Å²) in [6, 6.07) is 4.79. The van der Waals surface area contributed by atoms with Crippen LogP contribution in [-0.4, -0.2) is 62.1 Å².